The molecule has 0 unspecified atom stereocenters. The van der Waals surface area contributed by atoms with Gasteiger partial charge in [-0.2, -0.15) is 0 Å². The van der Waals surface area contributed by atoms with Gasteiger partial charge in [-0.1, -0.05) is 48.2 Å². The monoisotopic (exact) mass is 562 g/mol. The number of aryl methyl sites for hydroxylation is 1. The first kappa shape index (κ1) is 26.1. The van der Waals surface area contributed by atoms with Crippen molar-refractivity contribution >= 4 is 33.8 Å². The number of fused-ring (bicyclic) bond motifs is 3. The predicted octanol–water partition coefficient (Wildman–Crippen LogP) is 7.15. The minimum absolute atomic E-state index is 0.134. The van der Waals surface area contributed by atoms with Crippen LogP contribution in [0, 0.1) is 18.8 Å². The normalized spacial score (nSPS) is 12.0. The highest BCUT2D eigenvalue weighted by Crippen LogP contribution is 2.33. The summed E-state index contributed by atoms with van der Waals surface area (Å²) in [6.07, 6.45) is 3.78. The van der Waals surface area contributed by atoms with E-state index in [4.69, 9.17) is 19.2 Å². The molecule has 6 nitrogen and oxygen atoms in total. The van der Waals surface area contributed by atoms with Crippen LogP contribution in [-0.2, 0) is 0 Å². The van der Waals surface area contributed by atoms with Crippen LogP contribution < -0.4 is 19.8 Å². The Morgan fingerprint density at radius 1 is 0.814 bits per heavy atom. The number of nitrogens with zero attached hydrogens (tertiary/aromatic N) is 2. The summed E-state index contributed by atoms with van der Waals surface area (Å²) in [7, 11) is 1.67. The number of benzene rings is 5. The minimum Gasteiger partial charge on any atom is -0.497 e. The summed E-state index contributed by atoms with van der Waals surface area (Å²) in [5, 5.41) is 2.76. The fourth-order valence-corrected chi connectivity index (χ4v) is 5.24. The Balaban J connectivity index is 1.25. The third kappa shape index (κ3) is 5.09. The summed E-state index contributed by atoms with van der Waals surface area (Å²) in [6.45, 7) is 2.20. The molecule has 0 bridgehead atoms. The average molecular weight is 563 g/mol. The van der Waals surface area contributed by atoms with Crippen molar-refractivity contribution in [1.82, 2.24) is 9.55 Å². The first-order valence-corrected chi connectivity index (χ1v) is 13.9. The Hall–Kier alpha value is -5.80. The number of hydrogen-bond acceptors (Lipinski definition) is 5. The van der Waals surface area contributed by atoms with Gasteiger partial charge in [0.25, 0.3) is 5.56 Å². The van der Waals surface area contributed by atoms with Crippen LogP contribution in [0.15, 0.2) is 102 Å². The lowest BCUT2D eigenvalue weighted by atomic mass is 10.1. The molecule has 0 radical (unpaired) electrons. The lowest BCUT2D eigenvalue weighted by Gasteiger charge is -2.14. The van der Waals surface area contributed by atoms with Crippen molar-refractivity contribution < 1.29 is 14.2 Å². The molecule has 0 aliphatic carbocycles. The minimum atomic E-state index is -0.134. The number of hydrogen-bond donors (Lipinski definition) is 0. The van der Waals surface area contributed by atoms with E-state index in [1.165, 1.54) is 0 Å². The van der Waals surface area contributed by atoms with Crippen molar-refractivity contribution in [2.45, 2.75) is 6.92 Å². The number of rotatable bonds is 4. The maximum atomic E-state index is 13.8. The van der Waals surface area contributed by atoms with Gasteiger partial charge in [0.2, 0.25) is 6.79 Å². The van der Waals surface area contributed by atoms with E-state index in [2.05, 4.69) is 17.9 Å². The molecule has 208 valence electrons. The number of aromatic nitrogens is 2. The van der Waals surface area contributed by atoms with E-state index in [1.54, 1.807) is 17.7 Å². The number of methoxy groups -OCH3 is 1. The maximum Gasteiger partial charge on any atom is 0.266 e. The molecule has 1 aromatic heterocycles. The van der Waals surface area contributed by atoms with Crippen LogP contribution in [0.2, 0.25) is 0 Å². The zero-order valence-corrected chi connectivity index (χ0v) is 23.6. The summed E-state index contributed by atoms with van der Waals surface area (Å²) >= 11 is 0. The molecule has 1 aliphatic rings. The van der Waals surface area contributed by atoms with Gasteiger partial charge in [-0.15, -0.1) is 0 Å². The summed E-state index contributed by atoms with van der Waals surface area (Å²) in [5.74, 6) is 9.33. The van der Waals surface area contributed by atoms with Gasteiger partial charge < -0.3 is 14.2 Å². The zero-order chi connectivity index (χ0) is 29.3. The maximum absolute atomic E-state index is 13.8. The van der Waals surface area contributed by atoms with Crippen LogP contribution in [0.25, 0.3) is 39.5 Å². The van der Waals surface area contributed by atoms with E-state index < -0.39 is 0 Å². The lowest BCUT2D eigenvalue weighted by Crippen LogP contribution is -2.23. The second-order valence-electron chi connectivity index (χ2n) is 10.3. The molecular formula is C37H26N2O4. The molecule has 0 saturated heterocycles. The highest BCUT2D eigenvalue weighted by Gasteiger charge is 2.15. The molecular weight excluding hydrogens is 536 g/mol. The zero-order valence-electron chi connectivity index (χ0n) is 23.6. The van der Waals surface area contributed by atoms with Gasteiger partial charge in [-0.3, -0.25) is 9.36 Å². The Bertz CT molecular complexity index is 2200. The standard InChI is InChI=1S/C37H26N2O4/c1-24-19-25(7-8-26-9-13-29-22-30(41-2)15-14-28(29)20-26)10-16-33(24)39-36(38-32-6-4-3-5-31(32)37(39)40)18-12-27-11-17-34-35(21-27)43-23-42-34/h3-6,9-22H,23H2,1-2H3. The van der Waals surface area contributed by atoms with E-state index in [0.717, 1.165) is 50.2 Å². The van der Waals surface area contributed by atoms with Crippen LogP contribution >= 0.6 is 0 Å². The fourth-order valence-electron chi connectivity index (χ4n) is 5.24. The van der Waals surface area contributed by atoms with Crippen LogP contribution in [0.1, 0.15) is 28.1 Å². The van der Waals surface area contributed by atoms with Crippen molar-refractivity contribution in [3.8, 4) is 34.8 Å². The SMILES string of the molecule is COc1ccc2cc(C#Cc3ccc(-n4c(C=Cc5ccc6c(c5)OCO6)nc5ccccc5c4=O)c(C)c3)ccc2c1. The topological polar surface area (TPSA) is 62.6 Å². The summed E-state index contributed by atoms with van der Waals surface area (Å²) < 4.78 is 17.9. The van der Waals surface area contributed by atoms with Gasteiger partial charge >= 0.3 is 0 Å². The molecule has 6 heteroatoms. The Morgan fingerprint density at radius 2 is 1.58 bits per heavy atom. The van der Waals surface area contributed by atoms with Crippen molar-refractivity contribution in [1.29, 1.82) is 0 Å². The number of para-hydroxylation sites is 1. The third-order valence-corrected chi connectivity index (χ3v) is 7.46. The van der Waals surface area contributed by atoms with Crippen LogP contribution in [0.4, 0.5) is 0 Å². The third-order valence-electron chi connectivity index (χ3n) is 7.46. The van der Waals surface area contributed by atoms with Crippen LogP contribution in [0.3, 0.4) is 0 Å². The number of ether oxygens (including phenoxy) is 3. The second kappa shape index (κ2) is 10.9. The summed E-state index contributed by atoms with van der Waals surface area (Å²) in [6, 6.07) is 31.1. The Kier molecular flexibility index (Phi) is 6.61. The first-order valence-electron chi connectivity index (χ1n) is 13.9. The van der Waals surface area contributed by atoms with Crippen LogP contribution in [0.5, 0.6) is 17.2 Å². The molecule has 7 rings (SSSR count). The van der Waals surface area contributed by atoms with Gasteiger partial charge in [0, 0.05) is 11.1 Å². The molecule has 43 heavy (non-hydrogen) atoms. The molecule has 0 N–H and O–H groups in total. The van der Waals surface area contributed by atoms with E-state index in [1.807, 2.05) is 104 Å². The predicted molar refractivity (Wildman–Crippen MR) is 170 cm³/mol. The molecule has 6 aromatic rings. The molecule has 0 fully saturated rings. The van der Waals surface area contributed by atoms with E-state index in [9.17, 15) is 4.79 Å². The second-order valence-corrected chi connectivity index (χ2v) is 10.3. The molecule has 0 atom stereocenters. The summed E-state index contributed by atoms with van der Waals surface area (Å²) in [5.41, 5.74) is 4.86. The van der Waals surface area contributed by atoms with E-state index in [-0.39, 0.29) is 12.4 Å². The average Bonchev–Trinajstić information content (AvgIpc) is 3.51. The van der Waals surface area contributed by atoms with Gasteiger partial charge in [0.05, 0.1) is 23.7 Å². The van der Waals surface area contributed by atoms with Crippen molar-refractivity contribution in [3.63, 3.8) is 0 Å². The first-order chi connectivity index (χ1) is 21.1. The highest BCUT2D eigenvalue weighted by atomic mass is 16.7. The smallest absolute Gasteiger partial charge is 0.266 e. The quantitative estimate of drug-likeness (QED) is 0.214. The largest absolute Gasteiger partial charge is 0.497 e. The van der Waals surface area contributed by atoms with Crippen molar-refractivity contribution in [2.75, 3.05) is 13.9 Å². The Labute approximate surface area is 248 Å². The van der Waals surface area contributed by atoms with Gasteiger partial charge in [0.1, 0.15) is 11.6 Å². The lowest BCUT2D eigenvalue weighted by molar-refractivity contribution is 0.174. The van der Waals surface area contributed by atoms with Gasteiger partial charge in [-0.25, -0.2) is 4.98 Å². The molecule has 5 aromatic carbocycles. The van der Waals surface area contributed by atoms with E-state index >= 15 is 0 Å². The van der Waals surface area contributed by atoms with Crippen molar-refractivity contribution in [3.05, 3.63) is 135 Å². The molecule has 2 heterocycles. The summed E-state index contributed by atoms with van der Waals surface area (Å²) in [4.78, 5) is 18.7. The van der Waals surface area contributed by atoms with E-state index in [0.29, 0.717) is 22.5 Å². The highest BCUT2D eigenvalue weighted by molar-refractivity contribution is 5.85. The molecule has 0 amide bonds. The Morgan fingerprint density at radius 3 is 2.44 bits per heavy atom. The van der Waals surface area contributed by atoms with Crippen LogP contribution in [-0.4, -0.2) is 23.5 Å². The molecule has 0 saturated carbocycles. The van der Waals surface area contributed by atoms with Gasteiger partial charge in [-0.05, 0) is 102 Å². The van der Waals surface area contributed by atoms with Gasteiger partial charge in [0.15, 0.2) is 11.5 Å². The fraction of sp³-hybridized carbons (Fsp3) is 0.0811. The molecule has 1 aliphatic heterocycles. The molecule has 0 spiro atoms. The van der Waals surface area contributed by atoms with Crippen molar-refractivity contribution in [2.24, 2.45) is 0 Å².